The number of hydrogen-bond acceptors (Lipinski definition) is 3. The van der Waals surface area contributed by atoms with Gasteiger partial charge in [-0.2, -0.15) is 0 Å². The van der Waals surface area contributed by atoms with E-state index >= 15 is 0 Å². The van der Waals surface area contributed by atoms with Crippen molar-refractivity contribution >= 4 is 0 Å². The van der Waals surface area contributed by atoms with Crippen LogP contribution >= 0.6 is 0 Å². The van der Waals surface area contributed by atoms with Crippen LogP contribution in [0, 0.1) is 0 Å². The molecule has 0 bridgehead atoms. The van der Waals surface area contributed by atoms with Gasteiger partial charge >= 0.3 is 0 Å². The molecule has 0 fully saturated rings. The number of aliphatic hydroxyl groups excluding tert-OH is 1. The third-order valence-electron chi connectivity index (χ3n) is 4.13. The minimum absolute atomic E-state index is 0. The molecule has 1 aromatic rings. The fourth-order valence-corrected chi connectivity index (χ4v) is 2.73. The number of rotatable bonds is 12. The van der Waals surface area contributed by atoms with Crippen LogP contribution in [0.5, 0.6) is 5.75 Å². The molecular formula is C22H44O4. The van der Waals surface area contributed by atoms with Crippen molar-refractivity contribution in [3.63, 3.8) is 0 Å². The van der Waals surface area contributed by atoms with Gasteiger partial charge in [0, 0.05) is 13.5 Å². The van der Waals surface area contributed by atoms with Gasteiger partial charge in [-0.25, -0.2) is 0 Å². The molecule has 4 heteroatoms. The van der Waals surface area contributed by atoms with Crippen molar-refractivity contribution < 1.29 is 20.1 Å². The number of unbranched alkanes of at least 4 members (excludes halogenated alkanes) is 2. The summed E-state index contributed by atoms with van der Waals surface area (Å²) in [6, 6.07) is 8.60. The summed E-state index contributed by atoms with van der Waals surface area (Å²) in [6.07, 6.45) is 8.01. The van der Waals surface area contributed by atoms with E-state index in [1.165, 1.54) is 37.7 Å². The first-order valence-corrected chi connectivity index (χ1v) is 9.57. The molecule has 4 nitrogen and oxygen atoms in total. The van der Waals surface area contributed by atoms with Gasteiger partial charge in [-0.15, -0.1) is 0 Å². The van der Waals surface area contributed by atoms with Gasteiger partial charge in [-0.1, -0.05) is 66.5 Å². The molecule has 156 valence electrons. The molecule has 3 N–H and O–H groups in total. The first-order chi connectivity index (χ1) is 11.7. The van der Waals surface area contributed by atoms with Crippen molar-refractivity contribution in [1.29, 1.82) is 0 Å². The van der Waals surface area contributed by atoms with Gasteiger partial charge in [0.1, 0.15) is 5.75 Å². The van der Waals surface area contributed by atoms with Gasteiger partial charge in [0.25, 0.3) is 0 Å². The Balaban J connectivity index is -0.00000127. The predicted octanol–water partition coefficient (Wildman–Crippen LogP) is 5.72. The maximum atomic E-state index is 7.00. The normalized spacial score (nSPS) is 11.9. The van der Waals surface area contributed by atoms with Crippen LogP contribution in [0.1, 0.15) is 91.5 Å². The largest absolute Gasteiger partial charge is 0.465 e. The van der Waals surface area contributed by atoms with E-state index in [-0.39, 0.29) is 19.2 Å². The van der Waals surface area contributed by atoms with Gasteiger partial charge in [-0.05, 0) is 42.9 Å². The van der Waals surface area contributed by atoms with E-state index in [1.54, 1.807) is 0 Å². The Kier molecular flexibility index (Phi) is 23.1. The van der Waals surface area contributed by atoms with Crippen molar-refractivity contribution in [3.05, 3.63) is 29.8 Å². The second-order valence-corrected chi connectivity index (χ2v) is 6.00. The van der Waals surface area contributed by atoms with E-state index in [0.717, 1.165) is 32.3 Å². The van der Waals surface area contributed by atoms with Crippen molar-refractivity contribution in [2.45, 2.75) is 92.3 Å². The Hall–Kier alpha value is -1.10. The Bertz CT molecular complexity index is 378. The van der Waals surface area contributed by atoms with Crippen LogP contribution in [0.2, 0.25) is 0 Å². The maximum absolute atomic E-state index is 7.00. The molecule has 1 rings (SSSR count). The molecule has 0 aliphatic rings. The first kappa shape index (κ1) is 29.7. The van der Waals surface area contributed by atoms with Crippen LogP contribution in [-0.4, -0.2) is 30.6 Å². The van der Waals surface area contributed by atoms with Gasteiger partial charge in [0.05, 0.1) is 6.61 Å². The SMILES string of the molecule is C.CCCCCOC(CC)Oc1ccc(C(CC)CCC)cc1.CO.O. The highest BCUT2D eigenvalue weighted by Crippen LogP contribution is 2.26. The summed E-state index contributed by atoms with van der Waals surface area (Å²) >= 11 is 0. The van der Waals surface area contributed by atoms with Crippen LogP contribution in [0.25, 0.3) is 0 Å². The Morgan fingerprint density at radius 2 is 1.50 bits per heavy atom. The number of aliphatic hydroxyl groups is 1. The summed E-state index contributed by atoms with van der Waals surface area (Å²) in [5.74, 6) is 1.59. The van der Waals surface area contributed by atoms with E-state index in [4.69, 9.17) is 14.6 Å². The molecule has 0 heterocycles. The summed E-state index contributed by atoms with van der Waals surface area (Å²) in [5, 5.41) is 7.00. The molecule has 0 aliphatic carbocycles. The number of hydrogen-bond donors (Lipinski definition) is 1. The second-order valence-electron chi connectivity index (χ2n) is 6.00. The molecule has 0 amide bonds. The molecule has 0 saturated heterocycles. The van der Waals surface area contributed by atoms with E-state index in [0.29, 0.717) is 5.92 Å². The van der Waals surface area contributed by atoms with Gasteiger partial charge in [0.15, 0.2) is 6.29 Å². The molecular weight excluding hydrogens is 328 g/mol. The summed E-state index contributed by atoms with van der Waals surface area (Å²) in [5.41, 5.74) is 1.42. The van der Waals surface area contributed by atoms with Crippen LogP contribution in [0.4, 0.5) is 0 Å². The molecule has 2 unspecified atom stereocenters. The van der Waals surface area contributed by atoms with Crippen LogP contribution in [-0.2, 0) is 4.74 Å². The van der Waals surface area contributed by atoms with Crippen LogP contribution in [0.15, 0.2) is 24.3 Å². The molecule has 1 aromatic carbocycles. The van der Waals surface area contributed by atoms with Gasteiger partial charge < -0.3 is 20.1 Å². The van der Waals surface area contributed by atoms with Crippen molar-refractivity contribution in [2.75, 3.05) is 13.7 Å². The molecule has 0 aliphatic heterocycles. The highest BCUT2D eigenvalue weighted by molar-refractivity contribution is 5.29. The van der Waals surface area contributed by atoms with Crippen LogP contribution < -0.4 is 4.74 Å². The molecule has 2 atom stereocenters. The van der Waals surface area contributed by atoms with Gasteiger partial charge in [0.2, 0.25) is 0 Å². The van der Waals surface area contributed by atoms with Crippen molar-refractivity contribution in [1.82, 2.24) is 0 Å². The Labute approximate surface area is 162 Å². The van der Waals surface area contributed by atoms with Crippen molar-refractivity contribution in [2.24, 2.45) is 0 Å². The lowest BCUT2D eigenvalue weighted by molar-refractivity contribution is -0.0825. The summed E-state index contributed by atoms with van der Waals surface area (Å²) in [7, 11) is 1.00. The van der Waals surface area contributed by atoms with E-state index < -0.39 is 0 Å². The van der Waals surface area contributed by atoms with Crippen molar-refractivity contribution in [3.8, 4) is 5.75 Å². The van der Waals surface area contributed by atoms with E-state index in [1.807, 2.05) is 0 Å². The minimum atomic E-state index is -0.125. The summed E-state index contributed by atoms with van der Waals surface area (Å²) in [6.45, 7) is 9.62. The first-order valence-electron chi connectivity index (χ1n) is 9.57. The third-order valence-corrected chi connectivity index (χ3v) is 4.13. The third kappa shape index (κ3) is 12.3. The smallest absolute Gasteiger partial charge is 0.199 e. The lowest BCUT2D eigenvalue weighted by Gasteiger charge is -2.19. The molecule has 0 saturated carbocycles. The van der Waals surface area contributed by atoms with Crippen LogP contribution in [0.3, 0.4) is 0 Å². The fraction of sp³-hybridized carbons (Fsp3) is 0.727. The topological polar surface area (TPSA) is 70.2 Å². The van der Waals surface area contributed by atoms with Gasteiger partial charge in [-0.3, -0.25) is 0 Å². The zero-order valence-corrected chi connectivity index (χ0v) is 16.9. The number of ether oxygens (including phenoxy) is 2. The Morgan fingerprint density at radius 1 is 0.885 bits per heavy atom. The standard InChI is InChI=1S/C20H34O2.CH4O.CH4.H2O/c1-5-9-10-16-21-20(8-4)22-19-14-12-18(13-15-19)17(7-3)11-6-2;1-2;;/h12-15,17,20H,5-11,16H2,1-4H3;2H,1H3;1H4;1H2. The lowest BCUT2D eigenvalue weighted by atomic mass is 9.92. The maximum Gasteiger partial charge on any atom is 0.199 e. The molecule has 26 heavy (non-hydrogen) atoms. The Morgan fingerprint density at radius 3 is 1.96 bits per heavy atom. The second kappa shape index (κ2) is 20.2. The average Bonchev–Trinajstić information content (AvgIpc) is 2.64. The highest BCUT2D eigenvalue weighted by Gasteiger charge is 2.11. The lowest BCUT2D eigenvalue weighted by Crippen LogP contribution is -2.20. The summed E-state index contributed by atoms with van der Waals surface area (Å²) < 4.78 is 11.8. The zero-order chi connectivity index (χ0) is 18.2. The van der Waals surface area contributed by atoms with E-state index in [9.17, 15) is 0 Å². The quantitative estimate of drug-likeness (QED) is 0.377. The monoisotopic (exact) mass is 372 g/mol. The number of benzene rings is 1. The molecule has 0 spiro atoms. The zero-order valence-electron chi connectivity index (χ0n) is 16.9. The predicted molar refractivity (Wildman–Crippen MR) is 113 cm³/mol. The molecule has 0 radical (unpaired) electrons. The molecule has 0 aromatic heterocycles. The fourth-order valence-electron chi connectivity index (χ4n) is 2.73. The van der Waals surface area contributed by atoms with E-state index in [2.05, 4.69) is 52.0 Å². The summed E-state index contributed by atoms with van der Waals surface area (Å²) in [4.78, 5) is 0. The average molecular weight is 373 g/mol. The highest BCUT2D eigenvalue weighted by atomic mass is 16.7. The minimum Gasteiger partial charge on any atom is -0.465 e.